The molecule has 2 aliphatic rings. The maximum atomic E-state index is 10.9. The lowest BCUT2D eigenvalue weighted by atomic mass is 9.66. The SMILES string of the molecule is CCN1CCC2(CCC(O)(c3ccncc3)CC2)C1. The topological polar surface area (TPSA) is 36.4 Å². The number of aliphatic hydroxyl groups is 1. The van der Waals surface area contributed by atoms with Crippen LogP contribution in [-0.4, -0.2) is 34.6 Å². The van der Waals surface area contributed by atoms with Gasteiger partial charge in [-0.1, -0.05) is 6.92 Å². The van der Waals surface area contributed by atoms with Crippen molar-refractivity contribution in [2.45, 2.75) is 44.6 Å². The number of aromatic nitrogens is 1. The summed E-state index contributed by atoms with van der Waals surface area (Å²) in [5, 5.41) is 10.9. The third kappa shape index (κ3) is 2.41. The van der Waals surface area contributed by atoms with Crippen molar-refractivity contribution in [3.8, 4) is 0 Å². The highest BCUT2D eigenvalue weighted by Gasteiger charge is 2.45. The Morgan fingerprint density at radius 3 is 2.42 bits per heavy atom. The smallest absolute Gasteiger partial charge is 0.0898 e. The second-order valence-corrected chi connectivity index (χ2v) is 6.39. The van der Waals surface area contributed by atoms with Crippen LogP contribution in [0.15, 0.2) is 24.5 Å². The van der Waals surface area contributed by atoms with Crippen LogP contribution in [-0.2, 0) is 5.60 Å². The zero-order valence-electron chi connectivity index (χ0n) is 11.8. The molecule has 0 bridgehead atoms. The van der Waals surface area contributed by atoms with Crippen molar-refractivity contribution in [2.24, 2.45) is 5.41 Å². The molecule has 1 aromatic rings. The zero-order valence-corrected chi connectivity index (χ0v) is 11.8. The van der Waals surface area contributed by atoms with Crippen LogP contribution in [0.1, 0.15) is 44.6 Å². The summed E-state index contributed by atoms with van der Waals surface area (Å²) in [5.74, 6) is 0. The van der Waals surface area contributed by atoms with Crippen molar-refractivity contribution in [1.29, 1.82) is 0 Å². The van der Waals surface area contributed by atoms with Gasteiger partial charge in [-0.3, -0.25) is 4.98 Å². The number of hydrogen-bond donors (Lipinski definition) is 1. The normalized spacial score (nSPS) is 35.9. The van der Waals surface area contributed by atoms with Crippen LogP contribution >= 0.6 is 0 Å². The molecule has 3 heteroatoms. The number of rotatable bonds is 2. The zero-order chi connectivity index (χ0) is 13.3. The number of nitrogens with zero attached hydrogens (tertiary/aromatic N) is 2. The molecule has 0 amide bonds. The Hall–Kier alpha value is -0.930. The highest BCUT2D eigenvalue weighted by molar-refractivity contribution is 5.20. The summed E-state index contributed by atoms with van der Waals surface area (Å²) in [6.45, 7) is 5.88. The van der Waals surface area contributed by atoms with Gasteiger partial charge in [0, 0.05) is 18.9 Å². The predicted molar refractivity (Wildman–Crippen MR) is 75.8 cm³/mol. The van der Waals surface area contributed by atoms with Crippen molar-refractivity contribution < 1.29 is 5.11 Å². The Labute approximate surface area is 115 Å². The first-order valence-electron chi connectivity index (χ1n) is 7.51. The quantitative estimate of drug-likeness (QED) is 0.888. The second-order valence-electron chi connectivity index (χ2n) is 6.39. The van der Waals surface area contributed by atoms with Crippen LogP contribution in [0, 0.1) is 5.41 Å². The highest BCUT2D eigenvalue weighted by Crippen LogP contribution is 2.49. The van der Waals surface area contributed by atoms with E-state index in [9.17, 15) is 5.11 Å². The van der Waals surface area contributed by atoms with Crippen molar-refractivity contribution in [3.05, 3.63) is 30.1 Å². The molecule has 104 valence electrons. The van der Waals surface area contributed by atoms with Crippen molar-refractivity contribution in [2.75, 3.05) is 19.6 Å². The molecule has 2 fully saturated rings. The van der Waals surface area contributed by atoms with Gasteiger partial charge in [0.25, 0.3) is 0 Å². The van der Waals surface area contributed by atoms with Crippen LogP contribution in [0.3, 0.4) is 0 Å². The molecular weight excluding hydrogens is 236 g/mol. The van der Waals surface area contributed by atoms with E-state index in [1.807, 2.05) is 12.1 Å². The summed E-state index contributed by atoms with van der Waals surface area (Å²) in [5.41, 5.74) is 0.908. The van der Waals surface area contributed by atoms with Gasteiger partial charge in [0.15, 0.2) is 0 Å². The van der Waals surface area contributed by atoms with Gasteiger partial charge in [-0.2, -0.15) is 0 Å². The van der Waals surface area contributed by atoms with E-state index < -0.39 is 5.60 Å². The molecule has 0 atom stereocenters. The van der Waals surface area contributed by atoms with Crippen molar-refractivity contribution in [1.82, 2.24) is 9.88 Å². The minimum Gasteiger partial charge on any atom is -0.385 e. The maximum Gasteiger partial charge on any atom is 0.0898 e. The van der Waals surface area contributed by atoms with Gasteiger partial charge in [-0.15, -0.1) is 0 Å². The molecule has 1 saturated carbocycles. The van der Waals surface area contributed by atoms with Crippen LogP contribution in [0.5, 0.6) is 0 Å². The molecule has 19 heavy (non-hydrogen) atoms. The Bertz CT molecular complexity index is 424. The van der Waals surface area contributed by atoms with Crippen molar-refractivity contribution in [3.63, 3.8) is 0 Å². The highest BCUT2D eigenvalue weighted by atomic mass is 16.3. The monoisotopic (exact) mass is 260 g/mol. The molecule has 1 aliphatic heterocycles. The third-order valence-electron chi connectivity index (χ3n) is 5.32. The van der Waals surface area contributed by atoms with E-state index in [-0.39, 0.29) is 0 Å². The van der Waals surface area contributed by atoms with E-state index >= 15 is 0 Å². The summed E-state index contributed by atoms with van der Waals surface area (Å²) in [7, 11) is 0. The van der Waals surface area contributed by atoms with Gasteiger partial charge in [-0.05, 0) is 68.3 Å². The molecule has 3 rings (SSSR count). The lowest BCUT2D eigenvalue weighted by molar-refractivity contribution is -0.0365. The lowest BCUT2D eigenvalue weighted by Crippen LogP contribution is -2.38. The van der Waals surface area contributed by atoms with E-state index in [2.05, 4.69) is 16.8 Å². The average molecular weight is 260 g/mol. The van der Waals surface area contributed by atoms with Gasteiger partial charge in [0.2, 0.25) is 0 Å². The van der Waals surface area contributed by atoms with Crippen LogP contribution in [0.25, 0.3) is 0 Å². The van der Waals surface area contributed by atoms with E-state index in [4.69, 9.17) is 0 Å². The average Bonchev–Trinajstić information content (AvgIpc) is 2.87. The number of hydrogen-bond acceptors (Lipinski definition) is 3. The lowest BCUT2D eigenvalue weighted by Gasteiger charge is -2.42. The Kier molecular flexibility index (Phi) is 3.35. The first-order valence-corrected chi connectivity index (χ1v) is 7.51. The fourth-order valence-electron chi connectivity index (χ4n) is 3.85. The van der Waals surface area contributed by atoms with E-state index in [1.54, 1.807) is 12.4 Å². The third-order valence-corrected chi connectivity index (χ3v) is 5.32. The largest absolute Gasteiger partial charge is 0.385 e. The van der Waals surface area contributed by atoms with E-state index in [1.165, 1.54) is 19.5 Å². The van der Waals surface area contributed by atoms with Gasteiger partial charge in [-0.25, -0.2) is 0 Å². The molecule has 1 aromatic heterocycles. The van der Waals surface area contributed by atoms with E-state index in [0.717, 1.165) is 37.8 Å². The predicted octanol–water partition coefficient (Wildman–Crippen LogP) is 2.56. The molecule has 3 nitrogen and oxygen atoms in total. The molecule has 1 aliphatic carbocycles. The van der Waals surface area contributed by atoms with Crippen molar-refractivity contribution >= 4 is 0 Å². The molecule has 1 saturated heterocycles. The summed E-state index contributed by atoms with van der Waals surface area (Å²) in [4.78, 5) is 6.60. The van der Waals surface area contributed by atoms with Gasteiger partial charge in [0.05, 0.1) is 5.60 Å². The fourth-order valence-corrected chi connectivity index (χ4v) is 3.85. The summed E-state index contributed by atoms with van der Waals surface area (Å²) in [6, 6.07) is 3.93. The Morgan fingerprint density at radius 2 is 1.84 bits per heavy atom. The Morgan fingerprint density at radius 1 is 1.16 bits per heavy atom. The molecule has 0 unspecified atom stereocenters. The standard InChI is InChI=1S/C16H24N2O/c1-2-18-12-9-15(13-18)5-7-16(19,8-6-15)14-3-10-17-11-4-14/h3-4,10-11,19H,2,5-9,12-13H2,1H3. The summed E-state index contributed by atoms with van der Waals surface area (Å²) >= 11 is 0. The summed E-state index contributed by atoms with van der Waals surface area (Å²) in [6.07, 6.45) is 8.99. The first-order chi connectivity index (χ1) is 9.16. The minimum absolute atomic E-state index is 0.481. The first kappa shape index (κ1) is 13.1. The molecule has 1 N–H and O–H groups in total. The van der Waals surface area contributed by atoms with Gasteiger partial charge < -0.3 is 10.0 Å². The maximum absolute atomic E-state index is 10.9. The molecule has 0 aromatic carbocycles. The van der Waals surface area contributed by atoms with Crippen LogP contribution < -0.4 is 0 Å². The second kappa shape index (κ2) is 4.88. The van der Waals surface area contributed by atoms with E-state index in [0.29, 0.717) is 5.41 Å². The van der Waals surface area contributed by atoms with Crippen LogP contribution in [0.2, 0.25) is 0 Å². The minimum atomic E-state index is -0.617. The molecule has 0 radical (unpaired) electrons. The number of likely N-dealkylation sites (tertiary alicyclic amines) is 1. The molecular formula is C16H24N2O. The van der Waals surface area contributed by atoms with Crippen LogP contribution in [0.4, 0.5) is 0 Å². The van der Waals surface area contributed by atoms with Gasteiger partial charge >= 0.3 is 0 Å². The summed E-state index contributed by atoms with van der Waals surface area (Å²) < 4.78 is 0. The van der Waals surface area contributed by atoms with Gasteiger partial charge in [0.1, 0.15) is 0 Å². The Balaban J connectivity index is 1.70. The fraction of sp³-hybridized carbons (Fsp3) is 0.688. The molecule has 1 spiro atoms. The molecule has 2 heterocycles. The number of pyridine rings is 1.